The van der Waals surface area contributed by atoms with Gasteiger partial charge in [-0.15, -0.1) is 0 Å². The summed E-state index contributed by atoms with van der Waals surface area (Å²) < 4.78 is 0. The van der Waals surface area contributed by atoms with Gasteiger partial charge >= 0.3 is 0 Å². The molecule has 0 aromatic carbocycles. The number of nitro groups is 1. The lowest BCUT2D eigenvalue weighted by atomic mass is 9.95. The predicted octanol–water partition coefficient (Wildman–Crippen LogP) is -0.217. The van der Waals surface area contributed by atoms with Crippen LogP contribution in [-0.2, 0) is 0 Å². The highest BCUT2D eigenvalue weighted by molar-refractivity contribution is 4.80. The molecule has 66 valence electrons. The number of hydrogen-bond donors (Lipinski definition) is 2. The van der Waals surface area contributed by atoms with Gasteiger partial charge in [0.05, 0.1) is 0 Å². The van der Waals surface area contributed by atoms with Crippen molar-refractivity contribution in [3.63, 3.8) is 0 Å². The zero-order valence-electron chi connectivity index (χ0n) is 6.81. The molecule has 0 aromatic rings. The molecule has 0 aliphatic carbocycles. The normalized spacial score (nSPS) is 17.5. The molecule has 0 aliphatic heterocycles. The van der Waals surface area contributed by atoms with Crippen LogP contribution >= 0.6 is 0 Å². The number of aliphatic hydroxyl groups excluding tert-OH is 1. The maximum absolute atomic E-state index is 10.3. The highest BCUT2D eigenvalue weighted by atomic mass is 16.6. The van der Waals surface area contributed by atoms with Crippen LogP contribution in [0.25, 0.3) is 0 Å². The Morgan fingerprint density at radius 3 is 1.91 bits per heavy atom. The standard InChI is InChI=1S/C6H13NO4/c1-4(8)5(7(10)11)6(2,3)9/h4-5,8-9H,1-3H3. The minimum Gasteiger partial charge on any atom is -0.386 e. The molecule has 0 saturated heterocycles. The fraction of sp³-hybridized carbons (Fsp3) is 1.00. The van der Waals surface area contributed by atoms with Crippen molar-refractivity contribution in [3.8, 4) is 0 Å². The number of nitrogens with zero attached hydrogens (tertiary/aromatic N) is 1. The summed E-state index contributed by atoms with van der Waals surface area (Å²) in [5.74, 6) is 0. The predicted molar refractivity (Wildman–Crippen MR) is 38.8 cm³/mol. The van der Waals surface area contributed by atoms with Crippen molar-refractivity contribution >= 4 is 0 Å². The fourth-order valence-electron chi connectivity index (χ4n) is 1.02. The third-order valence-corrected chi connectivity index (χ3v) is 1.41. The Hall–Kier alpha value is -0.680. The van der Waals surface area contributed by atoms with Crippen LogP contribution in [0.3, 0.4) is 0 Å². The van der Waals surface area contributed by atoms with Crippen molar-refractivity contribution in [2.45, 2.75) is 38.5 Å². The Morgan fingerprint density at radius 2 is 1.91 bits per heavy atom. The third kappa shape index (κ3) is 2.81. The van der Waals surface area contributed by atoms with E-state index in [0.29, 0.717) is 0 Å². The van der Waals surface area contributed by atoms with Crippen LogP contribution in [0.1, 0.15) is 20.8 Å². The first-order valence-corrected chi connectivity index (χ1v) is 3.30. The molecule has 0 radical (unpaired) electrons. The van der Waals surface area contributed by atoms with Crippen LogP contribution in [0, 0.1) is 10.1 Å². The van der Waals surface area contributed by atoms with E-state index < -0.39 is 22.7 Å². The molecule has 2 N–H and O–H groups in total. The van der Waals surface area contributed by atoms with Crippen molar-refractivity contribution < 1.29 is 15.1 Å². The summed E-state index contributed by atoms with van der Waals surface area (Å²) in [5, 5.41) is 28.4. The summed E-state index contributed by atoms with van der Waals surface area (Å²) in [6.45, 7) is 3.88. The molecular formula is C6H13NO4. The minimum atomic E-state index is -1.49. The van der Waals surface area contributed by atoms with Crippen LogP contribution in [0.15, 0.2) is 0 Å². The van der Waals surface area contributed by atoms with Crippen LogP contribution in [0.2, 0.25) is 0 Å². The molecule has 0 fully saturated rings. The maximum atomic E-state index is 10.3. The summed E-state index contributed by atoms with van der Waals surface area (Å²) >= 11 is 0. The zero-order valence-corrected chi connectivity index (χ0v) is 6.81. The van der Waals surface area contributed by atoms with Gasteiger partial charge in [-0.2, -0.15) is 0 Å². The summed E-state index contributed by atoms with van der Waals surface area (Å²) in [6, 6.07) is -1.33. The van der Waals surface area contributed by atoms with E-state index in [1.165, 1.54) is 20.8 Å². The average Bonchev–Trinajstić information content (AvgIpc) is 1.54. The fourth-order valence-corrected chi connectivity index (χ4v) is 1.02. The van der Waals surface area contributed by atoms with E-state index in [-0.39, 0.29) is 0 Å². The first-order chi connectivity index (χ1) is 4.76. The molecule has 0 aromatic heterocycles. The summed E-state index contributed by atoms with van der Waals surface area (Å²) in [7, 11) is 0. The Bertz CT molecular complexity index is 149. The van der Waals surface area contributed by atoms with E-state index in [4.69, 9.17) is 5.11 Å². The Kier molecular flexibility index (Phi) is 2.95. The second-order valence-corrected chi connectivity index (χ2v) is 3.12. The molecule has 0 saturated carbocycles. The summed E-state index contributed by atoms with van der Waals surface area (Å²) in [4.78, 5) is 9.60. The number of hydrogen-bond acceptors (Lipinski definition) is 4. The largest absolute Gasteiger partial charge is 0.386 e. The van der Waals surface area contributed by atoms with E-state index >= 15 is 0 Å². The Morgan fingerprint density at radius 1 is 1.55 bits per heavy atom. The van der Waals surface area contributed by atoms with Gasteiger partial charge in [-0.1, -0.05) is 0 Å². The minimum absolute atomic E-state index is 0.676. The van der Waals surface area contributed by atoms with Gasteiger partial charge in [0, 0.05) is 4.92 Å². The molecule has 0 amide bonds. The van der Waals surface area contributed by atoms with Gasteiger partial charge in [-0.3, -0.25) is 10.1 Å². The lowest BCUT2D eigenvalue weighted by molar-refractivity contribution is -0.554. The summed E-state index contributed by atoms with van der Waals surface area (Å²) in [6.07, 6.45) is -1.15. The number of rotatable bonds is 3. The van der Waals surface area contributed by atoms with Gasteiger partial charge < -0.3 is 10.2 Å². The van der Waals surface area contributed by atoms with Gasteiger partial charge in [0.25, 0.3) is 6.04 Å². The van der Waals surface area contributed by atoms with Crippen molar-refractivity contribution in [3.05, 3.63) is 10.1 Å². The molecule has 2 atom stereocenters. The van der Waals surface area contributed by atoms with Gasteiger partial charge in [-0.25, -0.2) is 0 Å². The first-order valence-electron chi connectivity index (χ1n) is 3.30. The Balaban J connectivity index is 4.49. The van der Waals surface area contributed by atoms with Crippen molar-refractivity contribution in [2.24, 2.45) is 0 Å². The van der Waals surface area contributed by atoms with Crippen LogP contribution in [0.5, 0.6) is 0 Å². The lowest BCUT2D eigenvalue weighted by Gasteiger charge is -2.23. The third-order valence-electron chi connectivity index (χ3n) is 1.41. The smallest absolute Gasteiger partial charge is 0.265 e. The quantitative estimate of drug-likeness (QED) is 0.445. The molecular weight excluding hydrogens is 150 g/mol. The highest BCUT2D eigenvalue weighted by Gasteiger charge is 2.40. The van der Waals surface area contributed by atoms with Gasteiger partial charge in [0.1, 0.15) is 11.7 Å². The van der Waals surface area contributed by atoms with Crippen molar-refractivity contribution in [2.75, 3.05) is 0 Å². The van der Waals surface area contributed by atoms with Crippen LogP contribution in [0.4, 0.5) is 0 Å². The monoisotopic (exact) mass is 163 g/mol. The van der Waals surface area contributed by atoms with Gasteiger partial charge in [0.2, 0.25) is 0 Å². The van der Waals surface area contributed by atoms with E-state index in [0.717, 1.165) is 0 Å². The average molecular weight is 163 g/mol. The molecule has 0 bridgehead atoms. The maximum Gasteiger partial charge on any atom is 0.265 e. The SMILES string of the molecule is CC(O)C([N+](=O)[O-])C(C)(C)O. The topological polar surface area (TPSA) is 83.6 Å². The summed E-state index contributed by atoms with van der Waals surface area (Å²) in [5.41, 5.74) is -1.49. The highest BCUT2D eigenvalue weighted by Crippen LogP contribution is 2.14. The first kappa shape index (κ1) is 10.3. The van der Waals surface area contributed by atoms with E-state index in [2.05, 4.69) is 0 Å². The molecule has 0 aliphatic rings. The van der Waals surface area contributed by atoms with Crippen LogP contribution < -0.4 is 0 Å². The second kappa shape index (κ2) is 3.15. The van der Waals surface area contributed by atoms with E-state index in [1.54, 1.807) is 0 Å². The van der Waals surface area contributed by atoms with E-state index in [1.807, 2.05) is 0 Å². The molecule has 0 heterocycles. The van der Waals surface area contributed by atoms with Gasteiger partial charge in [0.15, 0.2) is 0 Å². The van der Waals surface area contributed by atoms with E-state index in [9.17, 15) is 15.2 Å². The molecule has 2 unspecified atom stereocenters. The molecule has 5 heteroatoms. The van der Waals surface area contributed by atoms with Crippen molar-refractivity contribution in [1.29, 1.82) is 0 Å². The van der Waals surface area contributed by atoms with Gasteiger partial charge in [-0.05, 0) is 20.8 Å². The molecule has 5 nitrogen and oxygen atoms in total. The molecule has 0 rings (SSSR count). The van der Waals surface area contributed by atoms with Crippen LogP contribution in [-0.4, -0.2) is 32.9 Å². The molecule has 0 spiro atoms. The lowest BCUT2D eigenvalue weighted by Crippen LogP contribution is -2.48. The Labute approximate surface area is 64.8 Å². The number of aliphatic hydroxyl groups is 2. The van der Waals surface area contributed by atoms with Crippen molar-refractivity contribution in [1.82, 2.24) is 0 Å². The molecule has 11 heavy (non-hydrogen) atoms. The zero-order chi connectivity index (χ0) is 9.23. The second-order valence-electron chi connectivity index (χ2n) is 3.12.